The summed E-state index contributed by atoms with van der Waals surface area (Å²) in [6.07, 6.45) is 0. The summed E-state index contributed by atoms with van der Waals surface area (Å²) in [5.41, 5.74) is 2.21. The maximum Gasteiger partial charge on any atom is 0.251 e. The van der Waals surface area contributed by atoms with Crippen LogP contribution in [0.2, 0.25) is 0 Å². The number of methoxy groups -OCH3 is 1. The molecule has 1 aromatic heterocycles. The van der Waals surface area contributed by atoms with Crippen LogP contribution in [0.1, 0.15) is 29.1 Å². The van der Waals surface area contributed by atoms with Crippen LogP contribution in [-0.2, 0) is 16.1 Å². The summed E-state index contributed by atoms with van der Waals surface area (Å²) in [4.78, 5) is 29.5. The number of para-hydroxylation sites is 2. The molecule has 0 saturated carbocycles. The van der Waals surface area contributed by atoms with Gasteiger partial charge < -0.3 is 19.9 Å². The van der Waals surface area contributed by atoms with Crippen molar-refractivity contribution in [2.24, 2.45) is 0 Å². The third kappa shape index (κ3) is 4.55. The third-order valence-electron chi connectivity index (χ3n) is 4.39. The van der Waals surface area contributed by atoms with Crippen molar-refractivity contribution in [3.63, 3.8) is 0 Å². The van der Waals surface area contributed by atoms with Gasteiger partial charge in [0.05, 0.1) is 23.7 Å². The normalized spacial score (nSPS) is 11.9. The molecule has 1 atom stereocenters. The highest BCUT2D eigenvalue weighted by Crippen LogP contribution is 2.21. The maximum atomic E-state index is 12.5. The Balaban J connectivity index is 1.83. The average molecular weight is 380 g/mol. The van der Waals surface area contributed by atoms with Gasteiger partial charge in [-0.05, 0) is 31.2 Å². The number of hydrogen-bond acceptors (Lipinski definition) is 4. The van der Waals surface area contributed by atoms with Crippen LogP contribution in [0, 0.1) is 0 Å². The topological polar surface area (TPSA) is 85.2 Å². The molecule has 2 aromatic carbocycles. The largest absolute Gasteiger partial charge is 0.383 e. The van der Waals surface area contributed by atoms with Crippen LogP contribution in [0.25, 0.3) is 11.0 Å². The van der Waals surface area contributed by atoms with E-state index in [9.17, 15) is 9.59 Å². The van der Waals surface area contributed by atoms with Crippen molar-refractivity contribution in [1.82, 2.24) is 20.2 Å². The number of carbonyl (C=O) groups excluding carboxylic acids is 2. The van der Waals surface area contributed by atoms with Gasteiger partial charge in [0.15, 0.2) is 0 Å². The van der Waals surface area contributed by atoms with Crippen LogP contribution >= 0.6 is 0 Å². The molecule has 3 rings (SSSR count). The molecule has 0 fully saturated rings. The van der Waals surface area contributed by atoms with Crippen LogP contribution in [-0.4, -0.2) is 41.6 Å². The molecule has 0 saturated heterocycles. The zero-order valence-corrected chi connectivity index (χ0v) is 16.0. The number of fused-ring (bicyclic) bond motifs is 1. The second-order valence-electron chi connectivity index (χ2n) is 6.45. The van der Waals surface area contributed by atoms with Crippen molar-refractivity contribution in [1.29, 1.82) is 0 Å². The predicted molar refractivity (Wildman–Crippen MR) is 107 cm³/mol. The number of aromatic nitrogens is 2. The standard InChI is InChI=1S/C21H24N4O3/c1-15(23-21(27)16-8-4-3-5-9-16)20-24-17-10-6-7-11-18(17)25(20)14-19(26)22-12-13-28-2/h3-11,15H,12-14H2,1-2H3,(H,22,26)(H,23,27). The number of hydrogen-bond donors (Lipinski definition) is 2. The minimum absolute atomic E-state index is 0.116. The molecular formula is C21H24N4O3. The lowest BCUT2D eigenvalue weighted by molar-refractivity contribution is -0.121. The Kier molecular flexibility index (Phi) is 6.39. The van der Waals surface area contributed by atoms with Crippen molar-refractivity contribution < 1.29 is 14.3 Å². The molecule has 28 heavy (non-hydrogen) atoms. The molecule has 1 unspecified atom stereocenters. The summed E-state index contributed by atoms with van der Waals surface area (Å²) in [6.45, 7) is 2.87. The maximum absolute atomic E-state index is 12.5. The van der Waals surface area contributed by atoms with E-state index in [1.807, 2.05) is 54.0 Å². The summed E-state index contributed by atoms with van der Waals surface area (Å²) >= 11 is 0. The number of nitrogens with zero attached hydrogens (tertiary/aromatic N) is 2. The number of nitrogens with one attached hydrogen (secondary N) is 2. The summed E-state index contributed by atoms with van der Waals surface area (Å²) < 4.78 is 6.80. The molecular weight excluding hydrogens is 356 g/mol. The highest BCUT2D eigenvalue weighted by Gasteiger charge is 2.20. The summed E-state index contributed by atoms with van der Waals surface area (Å²) in [5, 5.41) is 5.78. The summed E-state index contributed by atoms with van der Waals surface area (Å²) in [5.74, 6) is 0.312. The Labute approximate surface area is 163 Å². The lowest BCUT2D eigenvalue weighted by Gasteiger charge is -2.16. The molecule has 0 spiro atoms. The predicted octanol–water partition coefficient (Wildman–Crippen LogP) is 2.29. The van der Waals surface area contributed by atoms with Crippen molar-refractivity contribution in [2.45, 2.75) is 19.5 Å². The molecule has 0 aliphatic heterocycles. The van der Waals surface area contributed by atoms with Gasteiger partial charge in [-0.15, -0.1) is 0 Å². The van der Waals surface area contributed by atoms with Gasteiger partial charge >= 0.3 is 0 Å². The van der Waals surface area contributed by atoms with Crippen LogP contribution in [0.3, 0.4) is 0 Å². The minimum atomic E-state index is -0.369. The quantitative estimate of drug-likeness (QED) is 0.587. The van der Waals surface area contributed by atoms with Gasteiger partial charge in [0.1, 0.15) is 12.4 Å². The van der Waals surface area contributed by atoms with Crippen LogP contribution < -0.4 is 10.6 Å². The molecule has 3 aromatic rings. The first-order chi connectivity index (χ1) is 13.6. The fourth-order valence-electron chi connectivity index (χ4n) is 3.02. The molecule has 1 heterocycles. The highest BCUT2D eigenvalue weighted by atomic mass is 16.5. The van der Waals surface area contributed by atoms with E-state index in [1.165, 1.54) is 0 Å². The fourth-order valence-corrected chi connectivity index (χ4v) is 3.02. The smallest absolute Gasteiger partial charge is 0.251 e. The fraction of sp³-hybridized carbons (Fsp3) is 0.286. The number of carbonyl (C=O) groups is 2. The van der Waals surface area contributed by atoms with Crippen molar-refractivity contribution in [2.75, 3.05) is 20.3 Å². The zero-order chi connectivity index (χ0) is 19.9. The van der Waals surface area contributed by atoms with Crippen molar-refractivity contribution in [3.05, 3.63) is 66.0 Å². The Bertz CT molecular complexity index is 953. The van der Waals surface area contributed by atoms with Crippen molar-refractivity contribution >= 4 is 22.8 Å². The minimum Gasteiger partial charge on any atom is -0.383 e. The Morgan fingerprint density at radius 1 is 1.11 bits per heavy atom. The van der Waals surface area contributed by atoms with E-state index in [0.717, 1.165) is 11.0 Å². The van der Waals surface area contributed by atoms with Gasteiger partial charge in [-0.2, -0.15) is 0 Å². The van der Waals surface area contributed by atoms with E-state index in [1.54, 1.807) is 19.2 Å². The van der Waals surface area contributed by atoms with E-state index < -0.39 is 0 Å². The Morgan fingerprint density at radius 3 is 2.57 bits per heavy atom. The number of imidazole rings is 1. The van der Waals surface area contributed by atoms with Gasteiger partial charge in [0.2, 0.25) is 5.91 Å². The van der Waals surface area contributed by atoms with Crippen LogP contribution in [0.15, 0.2) is 54.6 Å². The number of benzene rings is 2. The Hall–Kier alpha value is -3.19. The zero-order valence-electron chi connectivity index (χ0n) is 16.0. The van der Waals surface area contributed by atoms with E-state index in [-0.39, 0.29) is 24.4 Å². The molecule has 7 heteroatoms. The number of amides is 2. The molecule has 0 aliphatic rings. The average Bonchev–Trinajstić information content (AvgIpc) is 3.07. The lowest BCUT2D eigenvalue weighted by atomic mass is 10.2. The molecule has 0 bridgehead atoms. The van der Waals surface area contributed by atoms with E-state index in [2.05, 4.69) is 15.6 Å². The second-order valence-corrected chi connectivity index (χ2v) is 6.45. The monoisotopic (exact) mass is 380 g/mol. The summed E-state index contributed by atoms with van der Waals surface area (Å²) in [7, 11) is 1.59. The van der Waals surface area contributed by atoms with Crippen LogP contribution in [0.4, 0.5) is 0 Å². The molecule has 2 N–H and O–H groups in total. The van der Waals surface area contributed by atoms with Crippen LogP contribution in [0.5, 0.6) is 0 Å². The Morgan fingerprint density at radius 2 is 1.82 bits per heavy atom. The SMILES string of the molecule is COCCNC(=O)Cn1c(C(C)NC(=O)c2ccccc2)nc2ccccc21. The molecule has 146 valence electrons. The molecule has 0 aliphatic carbocycles. The second kappa shape index (κ2) is 9.14. The van der Waals surface area contributed by atoms with E-state index in [0.29, 0.717) is 24.5 Å². The van der Waals surface area contributed by atoms with E-state index >= 15 is 0 Å². The first-order valence-corrected chi connectivity index (χ1v) is 9.17. The molecule has 2 amide bonds. The first kappa shape index (κ1) is 19.6. The third-order valence-corrected chi connectivity index (χ3v) is 4.39. The number of rotatable bonds is 8. The van der Waals surface area contributed by atoms with Crippen molar-refractivity contribution in [3.8, 4) is 0 Å². The lowest BCUT2D eigenvalue weighted by Crippen LogP contribution is -2.33. The van der Waals surface area contributed by atoms with Gasteiger partial charge in [-0.1, -0.05) is 30.3 Å². The van der Waals surface area contributed by atoms with E-state index in [4.69, 9.17) is 4.74 Å². The van der Waals surface area contributed by atoms with Gasteiger partial charge in [0.25, 0.3) is 5.91 Å². The highest BCUT2D eigenvalue weighted by molar-refractivity contribution is 5.94. The molecule has 0 radical (unpaired) electrons. The van der Waals surface area contributed by atoms with Gasteiger partial charge in [-0.25, -0.2) is 4.98 Å². The summed E-state index contributed by atoms with van der Waals surface area (Å²) in [6, 6.07) is 16.3. The molecule has 7 nitrogen and oxygen atoms in total. The first-order valence-electron chi connectivity index (χ1n) is 9.17. The van der Waals surface area contributed by atoms with Gasteiger partial charge in [0, 0.05) is 19.2 Å². The van der Waals surface area contributed by atoms with Gasteiger partial charge in [-0.3, -0.25) is 9.59 Å². The number of ether oxygens (including phenoxy) is 1.